The number of halogens is 2. The Labute approximate surface area is 107 Å². The molecule has 0 bridgehead atoms. The summed E-state index contributed by atoms with van der Waals surface area (Å²) in [6.45, 7) is 4.52. The first-order valence-electron chi connectivity index (χ1n) is 4.74. The first-order valence-corrected chi connectivity index (χ1v) is 6.61. The van der Waals surface area contributed by atoms with Crippen molar-refractivity contribution >= 4 is 44.2 Å². The fourth-order valence-corrected chi connectivity index (χ4v) is 3.56. The lowest BCUT2D eigenvalue weighted by molar-refractivity contribution is 0.501. The average Bonchev–Trinajstić information content (AvgIpc) is 2.06. The van der Waals surface area contributed by atoms with Crippen LogP contribution < -0.4 is 5.32 Å². The van der Waals surface area contributed by atoms with E-state index >= 15 is 0 Å². The van der Waals surface area contributed by atoms with Gasteiger partial charge in [-0.2, -0.15) is 0 Å². The molecule has 0 saturated heterocycles. The summed E-state index contributed by atoms with van der Waals surface area (Å²) in [5.41, 5.74) is 2.99. The van der Waals surface area contributed by atoms with Crippen molar-refractivity contribution in [1.82, 2.24) is 0 Å². The van der Waals surface area contributed by atoms with Crippen LogP contribution in [0, 0.1) is 3.57 Å². The van der Waals surface area contributed by atoms with Crippen LogP contribution in [0.25, 0.3) is 0 Å². The number of benzene rings is 1. The van der Waals surface area contributed by atoms with Crippen molar-refractivity contribution in [3.8, 4) is 0 Å². The van der Waals surface area contributed by atoms with Gasteiger partial charge in [-0.3, -0.25) is 0 Å². The second-order valence-electron chi connectivity index (χ2n) is 4.43. The van der Waals surface area contributed by atoms with E-state index in [0.717, 1.165) is 0 Å². The van der Waals surface area contributed by atoms with Gasteiger partial charge in [-0.05, 0) is 67.0 Å². The Balaban J connectivity index is 2.47. The summed E-state index contributed by atoms with van der Waals surface area (Å²) in [7, 11) is 0. The minimum absolute atomic E-state index is 0.237. The third-order valence-electron chi connectivity index (χ3n) is 2.62. The molecule has 2 rings (SSSR count). The second kappa shape index (κ2) is 3.67. The van der Waals surface area contributed by atoms with E-state index in [0.29, 0.717) is 0 Å². The molecule has 0 fully saturated rings. The summed E-state index contributed by atoms with van der Waals surface area (Å²) in [6.07, 6.45) is 2.37. The average molecular weight is 366 g/mol. The predicted octanol–water partition coefficient (Wildman–Crippen LogP) is 4.19. The minimum Gasteiger partial charge on any atom is -0.379 e. The zero-order valence-electron chi connectivity index (χ0n) is 8.32. The maximum Gasteiger partial charge on any atom is 0.0513 e. The topological polar surface area (TPSA) is 12.0 Å². The highest BCUT2D eigenvalue weighted by Gasteiger charge is 2.25. The lowest BCUT2D eigenvalue weighted by Gasteiger charge is -2.34. The fourth-order valence-electron chi connectivity index (χ4n) is 1.81. The van der Waals surface area contributed by atoms with Gasteiger partial charge in [0.05, 0.1) is 5.69 Å². The summed E-state index contributed by atoms with van der Waals surface area (Å²) in [6, 6.07) is 4.38. The maximum absolute atomic E-state index is 3.60. The fraction of sp³-hybridized carbons (Fsp3) is 0.455. The molecule has 0 aliphatic carbocycles. The first-order chi connectivity index (χ1) is 6.48. The van der Waals surface area contributed by atoms with Crippen molar-refractivity contribution in [2.75, 3.05) is 5.32 Å². The van der Waals surface area contributed by atoms with Crippen molar-refractivity contribution in [3.63, 3.8) is 0 Å². The van der Waals surface area contributed by atoms with E-state index in [1.807, 2.05) is 0 Å². The molecule has 3 heteroatoms. The number of hydrogen-bond acceptors (Lipinski definition) is 1. The molecule has 1 nitrogen and oxygen atoms in total. The van der Waals surface area contributed by atoms with Crippen LogP contribution >= 0.6 is 38.5 Å². The first kappa shape index (κ1) is 10.7. The number of fused-ring (bicyclic) bond motifs is 1. The summed E-state index contributed by atoms with van der Waals surface area (Å²) in [5.74, 6) is 0. The molecule has 0 atom stereocenters. The molecule has 1 aliphatic heterocycles. The monoisotopic (exact) mass is 365 g/mol. The summed E-state index contributed by atoms with van der Waals surface area (Å²) >= 11 is 5.93. The molecule has 1 aromatic rings. The van der Waals surface area contributed by atoms with Crippen LogP contribution in [-0.4, -0.2) is 5.54 Å². The standard InChI is InChI=1S/C11H13BrIN/c1-11(2)4-3-7-5-8(12)6-9(13)10(7)14-11/h5-6,14H,3-4H2,1-2H3. The van der Waals surface area contributed by atoms with Crippen molar-refractivity contribution in [1.29, 1.82) is 0 Å². The van der Waals surface area contributed by atoms with Gasteiger partial charge in [0.15, 0.2) is 0 Å². The van der Waals surface area contributed by atoms with Crippen LogP contribution in [0.2, 0.25) is 0 Å². The molecule has 76 valence electrons. The quantitative estimate of drug-likeness (QED) is 0.680. The zero-order chi connectivity index (χ0) is 10.3. The summed E-state index contributed by atoms with van der Waals surface area (Å²) < 4.78 is 2.49. The number of anilines is 1. The van der Waals surface area contributed by atoms with E-state index in [9.17, 15) is 0 Å². The molecule has 0 aromatic heterocycles. The van der Waals surface area contributed by atoms with Crippen molar-refractivity contribution in [3.05, 3.63) is 25.7 Å². The molecule has 1 heterocycles. The van der Waals surface area contributed by atoms with Gasteiger partial charge in [-0.15, -0.1) is 0 Å². The van der Waals surface area contributed by atoms with E-state index < -0.39 is 0 Å². The lowest BCUT2D eigenvalue weighted by atomic mass is 9.89. The molecule has 0 amide bonds. The molecule has 0 saturated carbocycles. The zero-order valence-corrected chi connectivity index (χ0v) is 12.1. The van der Waals surface area contributed by atoms with Gasteiger partial charge in [0.2, 0.25) is 0 Å². The Morgan fingerprint density at radius 3 is 2.86 bits per heavy atom. The molecule has 0 radical (unpaired) electrons. The highest BCUT2D eigenvalue weighted by atomic mass is 127. The van der Waals surface area contributed by atoms with Gasteiger partial charge in [0.25, 0.3) is 0 Å². The van der Waals surface area contributed by atoms with E-state index in [1.54, 1.807) is 0 Å². The van der Waals surface area contributed by atoms with E-state index in [-0.39, 0.29) is 5.54 Å². The third kappa shape index (κ3) is 2.08. The molecular weight excluding hydrogens is 353 g/mol. The smallest absolute Gasteiger partial charge is 0.0513 e. The Morgan fingerprint density at radius 1 is 1.43 bits per heavy atom. The molecule has 14 heavy (non-hydrogen) atoms. The van der Waals surface area contributed by atoms with Gasteiger partial charge in [-0.25, -0.2) is 0 Å². The lowest BCUT2D eigenvalue weighted by Crippen LogP contribution is -2.35. The molecule has 0 spiro atoms. The molecule has 1 aromatic carbocycles. The SMILES string of the molecule is CC1(C)CCc2cc(Br)cc(I)c2N1. The summed E-state index contributed by atoms with van der Waals surface area (Å²) in [4.78, 5) is 0. The van der Waals surface area contributed by atoms with Gasteiger partial charge >= 0.3 is 0 Å². The normalized spacial score (nSPS) is 18.6. The molecule has 1 N–H and O–H groups in total. The van der Waals surface area contributed by atoms with E-state index in [4.69, 9.17) is 0 Å². The van der Waals surface area contributed by atoms with Crippen LogP contribution in [0.15, 0.2) is 16.6 Å². The molecule has 0 unspecified atom stereocenters. The van der Waals surface area contributed by atoms with Gasteiger partial charge in [0, 0.05) is 13.6 Å². The molecule has 1 aliphatic rings. The van der Waals surface area contributed by atoms with Crippen molar-refractivity contribution in [2.45, 2.75) is 32.2 Å². The second-order valence-corrected chi connectivity index (χ2v) is 6.51. The highest BCUT2D eigenvalue weighted by molar-refractivity contribution is 14.1. The van der Waals surface area contributed by atoms with Crippen molar-refractivity contribution < 1.29 is 0 Å². The Kier molecular flexibility index (Phi) is 2.81. The highest BCUT2D eigenvalue weighted by Crippen LogP contribution is 2.35. The number of nitrogens with one attached hydrogen (secondary N) is 1. The van der Waals surface area contributed by atoms with Crippen LogP contribution in [0.4, 0.5) is 5.69 Å². The van der Waals surface area contributed by atoms with Crippen LogP contribution in [-0.2, 0) is 6.42 Å². The summed E-state index contributed by atoms with van der Waals surface area (Å²) in [5, 5.41) is 3.60. The minimum atomic E-state index is 0.237. The third-order valence-corrected chi connectivity index (χ3v) is 3.93. The Hall–Kier alpha value is 0.230. The van der Waals surface area contributed by atoms with Crippen LogP contribution in [0.5, 0.6) is 0 Å². The van der Waals surface area contributed by atoms with Crippen LogP contribution in [0.3, 0.4) is 0 Å². The number of aryl methyl sites for hydroxylation is 1. The molecular formula is C11H13BrIN. The number of rotatable bonds is 0. The van der Waals surface area contributed by atoms with E-state index in [2.05, 4.69) is 69.8 Å². The van der Waals surface area contributed by atoms with Crippen LogP contribution in [0.1, 0.15) is 25.8 Å². The Bertz CT molecular complexity index is 374. The van der Waals surface area contributed by atoms with Crippen molar-refractivity contribution in [2.24, 2.45) is 0 Å². The maximum atomic E-state index is 3.60. The van der Waals surface area contributed by atoms with E-state index in [1.165, 1.54) is 32.1 Å². The van der Waals surface area contributed by atoms with Gasteiger partial charge in [-0.1, -0.05) is 15.9 Å². The van der Waals surface area contributed by atoms with Gasteiger partial charge in [0.1, 0.15) is 0 Å². The Morgan fingerprint density at radius 2 is 2.14 bits per heavy atom. The number of hydrogen-bond donors (Lipinski definition) is 1. The largest absolute Gasteiger partial charge is 0.379 e. The predicted molar refractivity (Wildman–Crippen MR) is 72.9 cm³/mol. The van der Waals surface area contributed by atoms with Gasteiger partial charge < -0.3 is 5.32 Å².